The van der Waals surface area contributed by atoms with Gasteiger partial charge in [0, 0.05) is 18.7 Å². The van der Waals surface area contributed by atoms with Crippen LogP contribution in [-0.2, 0) is 7.05 Å². The molecule has 0 unspecified atom stereocenters. The van der Waals surface area contributed by atoms with Crippen molar-refractivity contribution in [1.29, 1.82) is 0 Å². The predicted octanol–water partition coefficient (Wildman–Crippen LogP) is 0.585. The fourth-order valence-electron chi connectivity index (χ4n) is 2.23. The number of hydrogen-bond acceptors (Lipinski definition) is 6. The second-order valence-corrected chi connectivity index (χ2v) is 5.07. The van der Waals surface area contributed by atoms with Crippen LogP contribution in [0, 0.1) is 0 Å². The molecule has 2 heterocycles. The molecule has 0 atom stereocenters. The van der Waals surface area contributed by atoms with Crippen molar-refractivity contribution in [2.24, 2.45) is 12.8 Å². The van der Waals surface area contributed by atoms with Gasteiger partial charge in [0.05, 0.1) is 0 Å². The van der Waals surface area contributed by atoms with E-state index >= 15 is 0 Å². The molecule has 0 aliphatic heterocycles. The summed E-state index contributed by atoms with van der Waals surface area (Å²) in [4.78, 5) is 31.6. The Morgan fingerprint density at radius 1 is 1.04 bits per heavy atom. The minimum atomic E-state index is -0.786. The quantitative estimate of drug-likeness (QED) is 0.725. The van der Waals surface area contributed by atoms with Gasteiger partial charge in [0.15, 0.2) is 11.5 Å². The van der Waals surface area contributed by atoms with Gasteiger partial charge in [-0.05, 0) is 6.07 Å². The van der Waals surface area contributed by atoms with Crippen molar-refractivity contribution < 1.29 is 4.79 Å². The van der Waals surface area contributed by atoms with Crippen LogP contribution < -0.4 is 17.0 Å². The van der Waals surface area contributed by atoms with Crippen LogP contribution in [0.4, 0.5) is 5.82 Å². The van der Waals surface area contributed by atoms with Crippen molar-refractivity contribution in [3.8, 4) is 22.6 Å². The molecule has 0 bridgehead atoms. The minimum Gasteiger partial charge on any atom is -0.382 e. The number of amides is 1. The molecule has 24 heavy (non-hydrogen) atoms. The van der Waals surface area contributed by atoms with E-state index in [1.165, 1.54) is 23.9 Å². The number of nitrogens with zero attached hydrogens (tertiary/aromatic N) is 4. The molecule has 0 spiro atoms. The standard InChI is InChI=1S/C16H14N6O2/c1-22-11(23)8-7-10(21-22)13-12(9-5-3-2-4-6-9)20-15(17)14(19-13)16(18)24/h2-8H,1H3,(H2,17,20)(H2,18,24). The lowest BCUT2D eigenvalue weighted by molar-refractivity contribution is 0.0996. The molecule has 1 aromatic carbocycles. The Hall–Kier alpha value is -3.55. The molecule has 2 aromatic heterocycles. The van der Waals surface area contributed by atoms with Gasteiger partial charge in [-0.2, -0.15) is 5.10 Å². The maximum absolute atomic E-state index is 11.6. The lowest BCUT2D eigenvalue weighted by Crippen LogP contribution is -2.20. The Morgan fingerprint density at radius 3 is 2.38 bits per heavy atom. The molecule has 120 valence electrons. The van der Waals surface area contributed by atoms with Gasteiger partial charge in [-0.1, -0.05) is 30.3 Å². The first-order valence-electron chi connectivity index (χ1n) is 7.05. The van der Waals surface area contributed by atoms with Gasteiger partial charge < -0.3 is 11.5 Å². The Balaban J connectivity index is 2.32. The molecule has 0 aliphatic rings. The molecular weight excluding hydrogens is 308 g/mol. The third kappa shape index (κ3) is 2.72. The lowest BCUT2D eigenvalue weighted by atomic mass is 10.1. The third-order valence-electron chi connectivity index (χ3n) is 3.41. The average molecular weight is 322 g/mol. The van der Waals surface area contributed by atoms with Gasteiger partial charge in [0.1, 0.15) is 17.1 Å². The molecule has 0 fully saturated rings. The zero-order valence-corrected chi connectivity index (χ0v) is 12.8. The topological polar surface area (TPSA) is 130 Å². The van der Waals surface area contributed by atoms with Crippen LogP contribution in [0.5, 0.6) is 0 Å². The number of primary amides is 1. The monoisotopic (exact) mass is 322 g/mol. The fraction of sp³-hybridized carbons (Fsp3) is 0.0625. The number of anilines is 1. The zero-order chi connectivity index (χ0) is 17.3. The molecule has 8 heteroatoms. The number of aromatic nitrogens is 4. The Labute approximate surface area is 136 Å². The maximum atomic E-state index is 11.6. The van der Waals surface area contributed by atoms with E-state index in [1.807, 2.05) is 30.3 Å². The van der Waals surface area contributed by atoms with Crippen LogP contribution in [0.3, 0.4) is 0 Å². The minimum absolute atomic E-state index is 0.0603. The van der Waals surface area contributed by atoms with Crippen LogP contribution in [0.25, 0.3) is 22.6 Å². The summed E-state index contributed by atoms with van der Waals surface area (Å²) < 4.78 is 1.17. The van der Waals surface area contributed by atoms with Gasteiger partial charge in [0.25, 0.3) is 11.5 Å². The van der Waals surface area contributed by atoms with Crippen molar-refractivity contribution in [3.05, 3.63) is 58.5 Å². The molecule has 0 saturated heterocycles. The van der Waals surface area contributed by atoms with E-state index in [9.17, 15) is 9.59 Å². The fourth-order valence-corrected chi connectivity index (χ4v) is 2.23. The third-order valence-corrected chi connectivity index (χ3v) is 3.41. The molecule has 3 aromatic rings. The summed E-state index contributed by atoms with van der Waals surface area (Å²) in [5, 5.41) is 4.17. The van der Waals surface area contributed by atoms with Gasteiger partial charge in [-0.15, -0.1) is 0 Å². The highest BCUT2D eigenvalue weighted by molar-refractivity contribution is 5.96. The van der Waals surface area contributed by atoms with E-state index in [2.05, 4.69) is 15.1 Å². The molecular formula is C16H14N6O2. The molecule has 0 radical (unpaired) electrons. The average Bonchev–Trinajstić information content (AvgIpc) is 2.57. The van der Waals surface area contributed by atoms with Crippen LogP contribution in [0.15, 0.2) is 47.3 Å². The summed E-state index contributed by atoms with van der Waals surface area (Å²) in [6, 6.07) is 12.1. The summed E-state index contributed by atoms with van der Waals surface area (Å²) in [5.74, 6) is -0.847. The highest BCUT2D eigenvalue weighted by Crippen LogP contribution is 2.29. The summed E-state index contributed by atoms with van der Waals surface area (Å²) in [7, 11) is 1.52. The van der Waals surface area contributed by atoms with Gasteiger partial charge >= 0.3 is 0 Å². The van der Waals surface area contributed by atoms with Gasteiger partial charge in [0.2, 0.25) is 0 Å². The number of benzene rings is 1. The molecule has 8 nitrogen and oxygen atoms in total. The largest absolute Gasteiger partial charge is 0.382 e. The summed E-state index contributed by atoms with van der Waals surface area (Å²) in [6.45, 7) is 0. The van der Waals surface area contributed by atoms with Crippen LogP contribution in [0.2, 0.25) is 0 Å². The molecule has 1 amide bonds. The van der Waals surface area contributed by atoms with E-state index in [4.69, 9.17) is 11.5 Å². The van der Waals surface area contributed by atoms with Crippen molar-refractivity contribution in [1.82, 2.24) is 19.7 Å². The number of hydrogen-bond donors (Lipinski definition) is 2. The van der Waals surface area contributed by atoms with E-state index < -0.39 is 5.91 Å². The second-order valence-electron chi connectivity index (χ2n) is 5.07. The van der Waals surface area contributed by atoms with E-state index in [0.717, 1.165) is 5.56 Å². The lowest BCUT2D eigenvalue weighted by Gasteiger charge is -2.11. The number of nitrogen functional groups attached to an aromatic ring is 1. The number of carbonyl (C=O) groups is 1. The molecule has 0 saturated carbocycles. The Morgan fingerprint density at radius 2 is 1.75 bits per heavy atom. The molecule has 0 aliphatic carbocycles. The van der Waals surface area contributed by atoms with Crippen molar-refractivity contribution in [2.75, 3.05) is 5.73 Å². The van der Waals surface area contributed by atoms with Crippen molar-refractivity contribution >= 4 is 11.7 Å². The normalized spacial score (nSPS) is 10.5. The zero-order valence-electron chi connectivity index (χ0n) is 12.8. The van der Waals surface area contributed by atoms with E-state index in [1.54, 1.807) is 0 Å². The first kappa shape index (κ1) is 15.3. The summed E-state index contributed by atoms with van der Waals surface area (Å²) in [5.41, 5.74) is 12.6. The highest BCUT2D eigenvalue weighted by Gasteiger charge is 2.19. The van der Waals surface area contributed by atoms with Crippen molar-refractivity contribution in [2.45, 2.75) is 0 Å². The highest BCUT2D eigenvalue weighted by atomic mass is 16.1. The van der Waals surface area contributed by atoms with E-state index in [-0.39, 0.29) is 17.1 Å². The number of nitrogens with two attached hydrogens (primary N) is 2. The van der Waals surface area contributed by atoms with Crippen LogP contribution in [0.1, 0.15) is 10.5 Å². The number of rotatable bonds is 3. The summed E-state index contributed by atoms with van der Waals surface area (Å²) >= 11 is 0. The smallest absolute Gasteiger partial charge is 0.271 e. The predicted molar refractivity (Wildman–Crippen MR) is 88.9 cm³/mol. The Bertz CT molecular complexity index is 982. The SMILES string of the molecule is Cn1nc(-c2nc(C(N)=O)c(N)nc2-c2ccccc2)ccc1=O. The maximum Gasteiger partial charge on any atom is 0.271 e. The Kier molecular flexibility index (Phi) is 3.78. The van der Waals surface area contributed by atoms with Gasteiger partial charge in [-0.25, -0.2) is 14.6 Å². The van der Waals surface area contributed by atoms with Crippen molar-refractivity contribution in [3.63, 3.8) is 0 Å². The van der Waals surface area contributed by atoms with E-state index in [0.29, 0.717) is 17.1 Å². The summed E-state index contributed by atoms with van der Waals surface area (Å²) in [6.07, 6.45) is 0. The number of carbonyl (C=O) groups excluding carboxylic acids is 1. The van der Waals surface area contributed by atoms with Crippen LogP contribution in [-0.4, -0.2) is 25.7 Å². The molecule has 4 N–H and O–H groups in total. The van der Waals surface area contributed by atoms with Crippen LogP contribution >= 0.6 is 0 Å². The van der Waals surface area contributed by atoms with Gasteiger partial charge in [-0.3, -0.25) is 9.59 Å². The molecule has 3 rings (SSSR count). The second kappa shape index (κ2) is 5.92. The first-order chi connectivity index (χ1) is 11.5. The first-order valence-corrected chi connectivity index (χ1v) is 7.05. The number of aryl methyl sites for hydroxylation is 1.